The van der Waals surface area contributed by atoms with E-state index in [-0.39, 0.29) is 5.66 Å². The largest absolute Gasteiger partial charge is 0.324 e. The highest BCUT2D eigenvalue weighted by Gasteiger charge is 2.42. The summed E-state index contributed by atoms with van der Waals surface area (Å²) >= 11 is 0. The second-order valence-corrected chi connectivity index (χ2v) is 5.35. The third-order valence-electron chi connectivity index (χ3n) is 4.51. The first kappa shape index (κ1) is 11.6. The minimum atomic E-state index is -0.0795. The molecule has 0 saturated carbocycles. The molecule has 4 heteroatoms. The average molecular weight is 265 g/mol. The summed E-state index contributed by atoms with van der Waals surface area (Å²) in [7, 11) is 0. The van der Waals surface area contributed by atoms with Gasteiger partial charge in [0.1, 0.15) is 5.52 Å². The maximum atomic E-state index is 4.57. The molecule has 0 aliphatic carbocycles. The molecule has 100 valence electrons. The number of anilines is 1. The van der Waals surface area contributed by atoms with E-state index in [1.807, 2.05) is 12.4 Å². The number of hydrogen-bond donors (Lipinski definition) is 1. The molecule has 0 unspecified atom stereocenters. The van der Waals surface area contributed by atoms with Gasteiger partial charge in [0, 0.05) is 25.1 Å². The maximum absolute atomic E-state index is 4.57. The summed E-state index contributed by atoms with van der Waals surface area (Å²) in [5, 5.41) is 4.91. The van der Waals surface area contributed by atoms with Crippen molar-refractivity contribution in [2.24, 2.45) is 0 Å². The van der Waals surface area contributed by atoms with E-state index in [4.69, 9.17) is 0 Å². The smallest absolute Gasteiger partial charge is 0.244 e. The van der Waals surface area contributed by atoms with Gasteiger partial charge in [-0.15, -0.1) is 0 Å². The van der Waals surface area contributed by atoms with Crippen molar-refractivity contribution in [2.45, 2.75) is 32.4 Å². The molecule has 1 aliphatic rings. The molecule has 1 aliphatic heterocycles. The Balaban J connectivity index is 2.26. The van der Waals surface area contributed by atoms with Crippen molar-refractivity contribution in [3.05, 3.63) is 36.8 Å². The first-order chi connectivity index (χ1) is 9.79. The molecule has 0 aromatic carbocycles. The highest BCUT2D eigenvalue weighted by Crippen LogP contribution is 2.35. The lowest BCUT2D eigenvalue weighted by atomic mass is 9.97. The molecule has 0 spiro atoms. The summed E-state index contributed by atoms with van der Waals surface area (Å²) in [6, 6.07) is 6.21. The van der Waals surface area contributed by atoms with E-state index in [0.717, 1.165) is 29.6 Å². The fraction of sp³-hybridized carbons (Fsp3) is 0.312. The molecule has 4 nitrogen and oxygen atoms in total. The van der Waals surface area contributed by atoms with Crippen LogP contribution in [0.5, 0.6) is 0 Å². The zero-order chi connectivity index (χ0) is 13.7. The number of nitrogens with one attached hydrogen (secondary N) is 1. The Morgan fingerprint density at radius 2 is 2.00 bits per heavy atom. The fourth-order valence-corrected chi connectivity index (χ4v) is 3.34. The third-order valence-corrected chi connectivity index (χ3v) is 4.51. The Labute approximate surface area is 117 Å². The molecule has 0 fully saturated rings. The molecule has 3 aromatic rings. The van der Waals surface area contributed by atoms with Crippen molar-refractivity contribution in [1.82, 2.24) is 9.97 Å². The van der Waals surface area contributed by atoms with Crippen LogP contribution in [-0.4, -0.2) is 9.97 Å². The number of pyridine rings is 3. The topological polar surface area (TPSA) is 41.7 Å². The Bertz CT molecular complexity index is 821. The molecule has 0 amide bonds. The van der Waals surface area contributed by atoms with Crippen molar-refractivity contribution >= 4 is 27.6 Å². The molecule has 0 saturated heterocycles. The average Bonchev–Trinajstić information content (AvgIpc) is 2.52. The second kappa shape index (κ2) is 3.88. The van der Waals surface area contributed by atoms with Crippen LogP contribution in [0.3, 0.4) is 0 Å². The molecule has 0 radical (unpaired) electrons. The summed E-state index contributed by atoms with van der Waals surface area (Å²) in [4.78, 5) is 9.02. The normalized spacial score (nSPS) is 15.7. The second-order valence-electron chi connectivity index (χ2n) is 5.35. The van der Waals surface area contributed by atoms with Gasteiger partial charge in [-0.2, -0.15) is 4.57 Å². The SMILES string of the molecule is CCC1(CC)Nc2ccnc3cnc4ccc[n+]1c4c23. The number of nitrogens with zero attached hydrogens (tertiary/aromatic N) is 3. The van der Waals surface area contributed by atoms with Crippen LogP contribution in [-0.2, 0) is 5.66 Å². The minimum Gasteiger partial charge on any atom is -0.324 e. The van der Waals surface area contributed by atoms with E-state index >= 15 is 0 Å². The molecule has 0 atom stereocenters. The fourth-order valence-electron chi connectivity index (χ4n) is 3.34. The summed E-state index contributed by atoms with van der Waals surface area (Å²) < 4.78 is 2.34. The van der Waals surface area contributed by atoms with Crippen LogP contribution in [0.1, 0.15) is 26.7 Å². The van der Waals surface area contributed by atoms with Crippen LogP contribution in [0.4, 0.5) is 5.69 Å². The quantitative estimate of drug-likeness (QED) is 0.572. The van der Waals surface area contributed by atoms with Crippen LogP contribution in [0.15, 0.2) is 36.8 Å². The summed E-state index contributed by atoms with van der Waals surface area (Å²) in [6.07, 6.45) is 7.90. The lowest BCUT2D eigenvalue weighted by molar-refractivity contribution is -0.736. The first-order valence-electron chi connectivity index (χ1n) is 7.16. The van der Waals surface area contributed by atoms with Crippen molar-refractivity contribution < 1.29 is 4.57 Å². The Hall–Kier alpha value is -2.23. The van der Waals surface area contributed by atoms with Crippen LogP contribution in [0, 0.1) is 0 Å². The van der Waals surface area contributed by atoms with Gasteiger partial charge in [0.25, 0.3) is 0 Å². The van der Waals surface area contributed by atoms with Gasteiger partial charge in [0.05, 0.1) is 22.8 Å². The van der Waals surface area contributed by atoms with Gasteiger partial charge in [-0.25, -0.2) is 4.98 Å². The lowest BCUT2D eigenvalue weighted by Crippen LogP contribution is -2.62. The van der Waals surface area contributed by atoms with Crippen LogP contribution in [0.2, 0.25) is 0 Å². The molecule has 20 heavy (non-hydrogen) atoms. The Kier molecular flexibility index (Phi) is 2.25. The molecule has 4 heterocycles. The molecular weight excluding hydrogens is 248 g/mol. The first-order valence-corrected chi connectivity index (χ1v) is 7.16. The zero-order valence-corrected chi connectivity index (χ0v) is 11.7. The van der Waals surface area contributed by atoms with Gasteiger partial charge >= 0.3 is 0 Å². The molecule has 1 N–H and O–H groups in total. The molecular formula is C16H17N4+. The molecule has 3 aromatic heterocycles. The van der Waals surface area contributed by atoms with Crippen LogP contribution >= 0.6 is 0 Å². The van der Waals surface area contributed by atoms with E-state index in [1.165, 1.54) is 10.9 Å². The number of aromatic nitrogens is 3. The van der Waals surface area contributed by atoms with E-state index < -0.39 is 0 Å². The van der Waals surface area contributed by atoms with Crippen LogP contribution < -0.4 is 9.88 Å². The van der Waals surface area contributed by atoms with Crippen molar-refractivity contribution in [3.8, 4) is 0 Å². The molecule has 0 bridgehead atoms. The van der Waals surface area contributed by atoms with E-state index in [1.54, 1.807) is 0 Å². The summed E-state index contributed by atoms with van der Waals surface area (Å²) in [5.41, 5.74) is 4.25. The maximum Gasteiger partial charge on any atom is 0.244 e. The lowest BCUT2D eigenvalue weighted by Gasteiger charge is -2.32. The van der Waals surface area contributed by atoms with E-state index in [9.17, 15) is 0 Å². The van der Waals surface area contributed by atoms with Gasteiger partial charge < -0.3 is 5.32 Å². The highest BCUT2D eigenvalue weighted by molar-refractivity contribution is 6.07. The van der Waals surface area contributed by atoms with Gasteiger partial charge in [-0.3, -0.25) is 4.98 Å². The third kappa shape index (κ3) is 1.28. The van der Waals surface area contributed by atoms with Gasteiger partial charge in [0.2, 0.25) is 11.2 Å². The van der Waals surface area contributed by atoms with E-state index in [2.05, 4.69) is 58.1 Å². The predicted molar refractivity (Wildman–Crippen MR) is 79.4 cm³/mol. The number of hydrogen-bond acceptors (Lipinski definition) is 3. The van der Waals surface area contributed by atoms with Crippen LogP contribution in [0.25, 0.3) is 21.9 Å². The van der Waals surface area contributed by atoms with Crippen molar-refractivity contribution in [3.63, 3.8) is 0 Å². The Morgan fingerprint density at radius 1 is 1.15 bits per heavy atom. The van der Waals surface area contributed by atoms with Crippen molar-refractivity contribution in [2.75, 3.05) is 5.32 Å². The summed E-state index contributed by atoms with van der Waals surface area (Å²) in [5.74, 6) is 0. The Morgan fingerprint density at radius 3 is 2.80 bits per heavy atom. The van der Waals surface area contributed by atoms with Gasteiger partial charge in [0.15, 0.2) is 6.20 Å². The predicted octanol–water partition coefficient (Wildman–Crippen LogP) is 2.97. The standard InChI is InChI=1S/C16H16N4/c1-3-16(4-2)19-11-7-8-17-13-10-18-12-6-5-9-20(16)15(12)14(11)13/h5-10H,3-4H2,1-2H3/p+1. The highest BCUT2D eigenvalue weighted by atomic mass is 15.2. The number of rotatable bonds is 2. The minimum absolute atomic E-state index is 0.0795. The zero-order valence-electron chi connectivity index (χ0n) is 11.7. The van der Waals surface area contributed by atoms with E-state index in [0.29, 0.717) is 0 Å². The molecule has 4 rings (SSSR count). The van der Waals surface area contributed by atoms with Crippen molar-refractivity contribution in [1.29, 1.82) is 0 Å². The van der Waals surface area contributed by atoms with Gasteiger partial charge in [-0.1, -0.05) is 13.8 Å². The van der Waals surface area contributed by atoms with Gasteiger partial charge in [-0.05, 0) is 12.1 Å². The monoisotopic (exact) mass is 265 g/mol. The summed E-state index contributed by atoms with van der Waals surface area (Å²) in [6.45, 7) is 4.45.